The maximum atomic E-state index is 13.2. The van der Waals surface area contributed by atoms with Crippen molar-refractivity contribution in [3.63, 3.8) is 0 Å². The Kier molecular flexibility index (Phi) is 8.14. The lowest BCUT2D eigenvalue weighted by Crippen LogP contribution is -2.58. The molecule has 0 aromatic carbocycles. The van der Waals surface area contributed by atoms with Gasteiger partial charge in [-0.3, -0.25) is 20.3 Å². The minimum absolute atomic E-state index is 0.0766. The summed E-state index contributed by atoms with van der Waals surface area (Å²) in [6, 6.07) is 0.726. The highest BCUT2D eigenvalue weighted by molar-refractivity contribution is 5.79. The third-order valence-corrected chi connectivity index (χ3v) is 8.52. The van der Waals surface area contributed by atoms with Crippen LogP contribution in [0.5, 0.6) is 0 Å². The fraction of sp³-hybridized carbons (Fsp3) is 0.957. The van der Waals surface area contributed by atoms with Crippen LogP contribution in [-0.2, 0) is 9.53 Å². The molecule has 1 aliphatic carbocycles. The van der Waals surface area contributed by atoms with Crippen LogP contribution in [0.2, 0.25) is 0 Å². The van der Waals surface area contributed by atoms with Crippen molar-refractivity contribution in [1.29, 1.82) is 0 Å². The Balaban J connectivity index is 1.07. The fourth-order valence-corrected chi connectivity index (χ4v) is 6.48. The first kappa shape index (κ1) is 23.9. The quantitative estimate of drug-likeness (QED) is 0.265. The van der Waals surface area contributed by atoms with E-state index in [9.17, 15) is 4.79 Å². The Bertz CT molecular complexity index is 646. The molecule has 5 aliphatic rings. The zero-order chi connectivity index (χ0) is 22.6. The first-order valence-corrected chi connectivity index (χ1v) is 13.2. The standard InChI is InChI=1S/C23H44N8O2/c1-31-21(29-30-22(31)18-7-9-24-14-27-18)13-26-20-12-15(6-10-25-20)23(32)28-17-8-11-33-19-5-3-2-4-16(17)19/h15-22,24-27,29-30H,2-14H2,1H3,(H,28,32)/t15?,16?,17-,18?,19?,20?,21?,22?/m0/s1. The van der Waals surface area contributed by atoms with Gasteiger partial charge in [0, 0.05) is 43.7 Å². The second-order valence-corrected chi connectivity index (χ2v) is 10.6. The van der Waals surface area contributed by atoms with Crippen LogP contribution < -0.4 is 37.4 Å². The van der Waals surface area contributed by atoms with E-state index in [1.54, 1.807) is 0 Å². The Hall–Kier alpha value is -0.850. The number of carbonyl (C=O) groups is 1. The molecule has 4 saturated heterocycles. The van der Waals surface area contributed by atoms with Gasteiger partial charge in [0.25, 0.3) is 0 Å². The van der Waals surface area contributed by atoms with Crippen LogP contribution in [0.4, 0.5) is 0 Å². The van der Waals surface area contributed by atoms with E-state index >= 15 is 0 Å². The molecule has 10 nitrogen and oxygen atoms in total. The molecule has 5 rings (SSSR count). The lowest BCUT2D eigenvalue weighted by atomic mass is 9.78. The van der Waals surface area contributed by atoms with E-state index in [4.69, 9.17) is 4.74 Å². The van der Waals surface area contributed by atoms with Gasteiger partial charge in [0.1, 0.15) is 0 Å². The van der Waals surface area contributed by atoms with Gasteiger partial charge in [0.15, 0.2) is 0 Å². The largest absolute Gasteiger partial charge is 0.378 e. The van der Waals surface area contributed by atoms with E-state index in [-0.39, 0.29) is 30.3 Å². The van der Waals surface area contributed by atoms with E-state index in [2.05, 4.69) is 49.4 Å². The number of hydrazine groups is 1. The number of hydrogen-bond acceptors (Lipinski definition) is 9. The van der Waals surface area contributed by atoms with Crippen molar-refractivity contribution in [2.45, 2.75) is 88.1 Å². The van der Waals surface area contributed by atoms with E-state index in [1.807, 2.05) is 0 Å². The van der Waals surface area contributed by atoms with Gasteiger partial charge in [0.05, 0.1) is 24.6 Å². The monoisotopic (exact) mass is 464 g/mol. The molecule has 4 aliphatic heterocycles. The molecular formula is C23H44N8O2. The van der Waals surface area contributed by atoms with Crippen LogP contribution >= 0.6 is 0 Å². The molecule has 1 amide bonds. The highest BCUT2D eigenvalue weighted by atomic mass is 16.5. The maximum absolute atomic E-state index is 13.2. The molecule has 5 fully saturated rings. The minimum atomic E-state index is 0.0766. The summed E-state index contributed by atoms with van der Waals surface area (Å²) in [6.07, 6.45) is 9.71. The lowest BCUT2D eigenvalue weighted by molar-refractivity contribution is -0.130. The summed E-state index contributed by atoms with van der Waals surface area (Å²) in [5.41, 5.74) is 6.90. The van der Waals surface area contributed by atoms with Gasteiger partial charge < -0.3 is 20.7 Å². The third kappa shape index (κ3) is 5.70. The molecule has 4 heterocycles. The van der Waals surface area contributed by atoms with Crippen molar-refractivity contribution in [2.75, 3.05) is 40.0 Å². The number of likely N-dealkylation sites (N-methyl/N-ethyl adjacent to an activating group) is 1. The number of carbonyl (C=O) groups excluding carboxylic acids is 1. The molecule has 0 aromatic rings. The van der Waals surface area contributed by atoms with Crippen LogP contribution in [0, 0.1) is 11.8 Å². The Morgan fingerprint density at radius 1 is 1.06 bits per heavy atom. The van der Waals surface area contributed by atoms with Crippen molar-refractivity contribution >= 4 is 5.91 Å². The first-order valence-electron chi connectivity index (χ1n) is 13.2. The Labute approximate surface area is 198 Å². The van der Waals surface area contributed by atoms with Gasteiger partial charge in [0.2, 0.25) is 5.91 Å². The molecule has 0 bridgehead atoms. The van der Waals surface area contributed by atoms with E-state index in [1.165, 1.54) is 19.3 Å². The summed E-state index contributed by atoms with van der Waals surface area (Å²) in [5, 5.41) is 17.6. The predicted octanol–water partition coefficient (Wildman–Crippen LogP) is -1.03. The molecule has 7 N–H and O–H groups in total. The molecule has 0 aromatic heterocycles. The van der Waals surface area contributed by atoms with E-state index < -0.39 is 0 Å². The SMILES string of the molecule is CN1C(CNC2CC(C(=O)N[C@H]3CCOC4CCCCC43)CCN2)NNC1C1CCNCN1. The molecule has 10 heteroatoms. The topological polar surface area (TPSA) is 114 Å². The van der Waals surface area contributed by atoms with Gasteiger partial charge in [-0.15, -0.1) is 0 Å². The molecule has 188 valence electrons. The summed E-state index contributed by atoms with van der Waals surface area (Å²) in [5.74, 6) is 0.827. The van der Waals surface area contributed by atoms with Crippen molar-refractivity contribution in [3.8, 4) is 0 Å². The second kappa shape index (κ2) is 11.3. The zero-order valence-electron chi connectivity index (χ0n) is 20.1. The van der Waals surface area contributed by atoms with Crippen LogP contribution in [0.15, 0.2) is 0 Å². The number of hydrogen-bond donors (Lipinski definition) is 7. The third-order valence-electron chi connectivity index (χ3n) is 8.52. The summed E-state index contributed by atoms with van der Waals surface area (Å²) in [7, 11) is 2.17. The van der Waals surface area contributed by atoms with Gasteiger partial charge >= 0.3 is 0 Å². The van der Waals surface area contributed by atoms with Crippen LogP contribution in [-0.4, -0.2) is 87.4 Å². The van der Waals surface area contributed by atoms with Gasteiger partial charge in [-0.1, -0.05) is 12.8 Å². The van der Waals surface area contributed by atoms with Gasteiger partial charge in [-0.05, 0) is 58.7 Å². The van der Waals surface area contributed by atoms with Gasteiger partial charge in [-0.25, -0.2) is 10.9 Å². The maximum Gasteiger partial charge on any atom is 0.223 e. The lowest BCUT2D eigenvalue weighted by Gasteiger charge is -2.42. The number of nitrogens with one attached hydrogen (secondary N) is 7. The fourth-order valence-electron chi connectivity index (χ4n) is 6.48. The van der Waals surface area contributed by atoms with Crippen molar-refractivity contribution < 1.29 is 9.53 Å². The van der Waals surface area contributed by atoms with Crippen molar-refractivity contribution in [3.05, 3.63) is 0 Å². The second-order valence-electron chi connectivity index (χ2n) is 10.6. The molecular weight excluding hydrogens is 420 g/mol. The number of ether oxygens (including phenoxy) is 1. The van der Waals surface area contributed by atoms with Crippen LogP contribution in [0.1, 0.15) is 51.4 Å². The average molecular weight is 465 g/mol. The summed E-state index contributed by atoms with van der Waals surface area (Å²) >= 11 is 0. The summed E-state index contributed by atoms with van der Waals surface area (Å²) in [6.45, 7) is 4.40. The molecule has 33 heavy (non-hydrogen) atoms. The molecule has 8 atom stereocenters. The Morgan fingerprint density at radius 3 is 2.85 bits per heavy atom. The zero-order valence-corrected chi connectivity index (χ0v) is 20.1. The number of piperidine rings is 1. The van der Waals surface area contributed by atoms with Crippen molar-refractivity contribution in [2.24, 2.45) is 11.8 Å². The minimum Gasteiger partial charge on any atom is -0.378 e. The normalized spacial score (nSPS) is 42.6. The van der Waals surface area contributed by atoms with Gasteiger partial charge in [-0.2, -0.15) is 0 Å². The predicted molar refractivity (Wildman–Crippen MR) is 127 cm³/mol. The summed E-state index contributed by atoms with van der Waals surface area (Å²) in [4.78, 5) is 15.5. The molecule has 7 unspecified atom stereocenters. The highest BCUT2D eigenvalue weighted by Gasteiger charge is 2.39. The number of rotatable bonds is 6. The molecule has 1 saturated carbocycles. The molecule has 0 radical (unpaired) electrons. The van der Waals surface area contributed by atoms with Crippen LogP contribution in [0.25, 0.3) is 0 Å². The highest BCUT2D eigenvalue weighted by Crippen LogP contribution is 2.34. The average Bonchev–Trinajstić information content (AvgIpc) is 3.24. The molecule has 0 spiro atoms. The van der Waals surface area contributed by atoms with Crippen LogP contribution in [0.3, 0.4) is 0 Å². The van der Waals surface area contributed by atoms with E-state index in [0.29, 0.717) is 24.1 Å². The number of fused-ring (bicyclic) bond motifs is 1. The number of nitrogens with zero attached hydrogens (tertiary/aromatic N) is 1. The number of amides is 1. The summed E-state index contributed by atoms with van der Waals surface area (Å²) < 4.78 is 6.00. The smallest absolute Gasteiger partial charge is 0.223 e. The van der Waals surface area contributed by atoms with Crippen molar-refractivity contribution in [1.82, 2.24) is 42.3 Å². The van der Waals surface area contributed by atoms with E-state index in [0.717, 1.165) is 65.0 Å². The Morgan fingerprint density at radius 2 is 1.97 bits per heavy atom. The first-order chi connectivity index (χ1) is 16.2.